The van der Waals surface area contributed by atoms with Crippen molar-refractivity contribution in [3.05, 3.63) is 78.9 Å². The second-order valence-corrected chi connectivity index (χ2v) is 8.69. The van der Waals surface area contributed by atoms with Crippen LogP contribution in [0, 0.1) is 5.82 Å². The number of aromatic amines is 1. The molecule has 8 heteroatoms. The van der Waals surface area contributed by atoms with Gasteiger partial charge in [0.05, 0.1) is 12.0 Å². The van der Waals surface area contributed by atoms with E-state index in [9.17, 15) is 4.39 Å². The Labute approximate surface area is 196 Å². The molecule has 0 spiro atoms. The van der Waals surface area contributed by atoms with Crippen molar-refractivity contribution in [2.75, 3.05) is 5.32 Å². The minimum atomic E-state index is -0.333. The predicted octanol–water partition coefficient (Wildman–Crippen LogP) is 6.05. The van der Waals surface area contributed by atoms with E-state index < -0.39 is 0 Å². The number of hydrogen-bond donors (Lipinski definition) is 2. The topological polar surface area (TPSA) is 92.3 Å². The highest BCUT2D eigenvalue weighted by Crippen LogP contribution is 2.33. The highest BCUT2D eigenvalue weighted by molar-refractivity contribution is 5.91. The molecule has 0 unspecified atom stereocenters. The Bertz CT molecular complexity index is 1480. The molecule has 170 valence electrons. The summed E-state index contributed by atoms with van der Waals surface area (Å²) >= 11 is 0. The van der Waals surface area contributed by atoms with Crippen LogP contribution in [0.5, 0.6) is 0 Å². The van der Waals surface area contributed by atoms with Crippen LogP contribution in [-0.2, 0) is 5.41 Å². The quantitative estimate of drug-likeness (QED) is 0.325. The Balaban J connectivity index is 1.54. The summed E-state index contributed by atoms with van der Waals surface area (Å²) in [6.45, 7) is 6.40. The number of hydrogen-bond acceptors (Lipinski definition) is 6. The standard InChI is InChI=1S/C26H24FN7/c1-4-26(2,3)21-9-5-8-20(34-21)18-13-16(10-11-19(18)27)33-24-17(7-6-12-28-24)22-23-25(31-14-29-22)32-15-30-23/h5-15H,4H2,1-3H3,(H,28,33)(H,29,30,31,32). The number of nitrogens with zero attached hydrogens (tertiary/aromatic N) is 5. The molecule has 4 heterocycles. The maximum absolute atomic E-state index is 14.9. The van der Waals surface area contributed by atoms with E-state index >= 15 is 0 Å². The Morgan fingerprint density at radius 2 is 1.85 bits per heavy atom. The molecule has 0 saturated carbocycles. The largest absolute Gasteiger partial charge is 0.341 e. The van der Waals surface area contributed by atoms with Gasteiger partial charge >= 0.3 is 0 Å². The lowest BCUT2D eigenvalue weighted by atomic mass is 9.86. The summed E-state index contributed by atoms with van der Waals surface area (Å²) in [6, 6.07) is 14.4. The van der Waals surface area contributed by atoms with Gasteiger partial charge in [-0.2, -0.15) is 0 Å². The van der Waals surface area contributed by atoms with E-state index in [1.54, 1.807) is 24.7 Å². The number of anilines is 2. The van der Waals surface area contributed by atoms with Crippen LogP contribution in [0.4, 0.5) is 15.9 Å². The van der Waals surface area contributed by atoms with Crippen LogP contribution >= 0.6 is 0 Å². The third-order valence-electron chi connectivity index (χ3n) is 6.12. The average Bonchev–Trinajstić information content (AvgIpc) is 3.35. The van der Waals surface area contributed by atoms with Crippen molar-refractivity contribution >= 4 is 22.7 Å². The van der Waals surface area contributed by atoms with Gasteiger partial charge in [0.15, 0.2) is 5.65 Å². The molecule has 1 aromatic carbocycles. The molecular weight excluding hydrogens is 429 g/mol. The number of fused-ring (bicyclic) bond motifs is 1. The molecule has 0 aliphatic heterocycles. The van der Waals surface area contributed by atoms with Crippen molar-refractivity contribution in [2.24, 2.45) is 0 Å². The molecule has 0 atom stereocenters. The monoisotopic (exact) mass is 453 g/mol. The summed E-state index contributed by atoms with van der Waals surface area (Å²) in [6.07, 6.45) is 5.68. The van der Waals surface area contributed by atoms with Gasteiger partial charge in [0.25, 0.3) is 0 Å². The van der Waals surface area contributed by atoms with E-state index in [0.29, 0.717) is 34.1 Å². The number of H-pyrrole nitrogens is 1. The lowest BCUT2D eigenvalue weighted by Crippen LogP contribution is -2.17. The van der Waals surface area contributed by atoms with Gasteiger partial charge in [-0.05, 0) is 48.9 Å². The molecule has 0 radical (unpaired) electrons. The summed E-state index contributed by atoms with van der Waals surface area (Å²) < 4.78 is 14.9. The molecule has 5 rings (SSSR count). The third-order valence-corrected chi connectivity index (χ3v) is 6.12. The van der Waals surface area contributed by atoms with Crippen LogP contribution in [0.2, 0.25) is 0 Å². The van der Waals surface area contributed by atoms with Crippen LogP contribution in [0.25, 0.3) is 33.7 Å². The molecule has 0 saturated heterocycles. The maximum Gasteiger partial charge on any atom is 0.181 e. The van der Waals surface area contributed by atoms with Crippen molar-refractivity contribution in [1.82, 2.24) is 29.9 Å². The minimum absolute atomic E-state index is 0.0965. The number of rotatable bonds is 6. The van der Waals surface area contributed by atoms with E-state index in [4.69, 9.17) is 4.98 Å². The normalized spacial score (nSPS) is 11.6. The first kappa shape index (κ1) is 21.6. The van der Waals surface area contributed by atoms with E-state index in [-0.39, 0.29) is 11.2 Å². The summed E-state index contributed by atoms with van der Waals surface area (Å²) in [4.78, 5) is 25.2. The fourth-order valence-electron chi connectivity index (χ4n) is 3.74. The second-order valence-electron chi connectivity index (χ2n) is 8.69. The summed E-state index contributed by atoms with van der Waals surface area (Å²) in [5, 5.41) is 3.32. The van der Waals surface area contributed by atoms with Crippen molar-refractivity contribution in [3.8, 4) is 22.5 Å². The van der Waals surface area contributed by atoms with Gasteiger partial charge in [-0.3, -0.25) is 4.98 Å². The number of aromatic nitrogens is 6. The Morgan fingerprint density at radius 3 is 2.71 bits per heavy atom. The van der Waals surface area contributed by atoms with Crippen molar-refractivity contribution in [1.29, 1.82) is 0 Å². The molecular formula is C26H24FN7. The highest BCUT2D eigenvalue weighted by atomic mass is 19.1. The third kappa shape index (κ3) is 3.98. The lowest BCUT2D eigenvalue weighted by molar-refractivity contribution is 0.491. The van der Waals surface area contributed by atoms with Gasteiger partial charge in [0, 0.05) is 34.1 Å². The van der Waals surface area contributed by atoms with Crippen molar-refractivity contribution < 1.29 is 4.39 Å². The molecule has 0 amide bonds. The van der Waals surface area contributed by atoms with Gasteiger partial charge in [-0.1, -0.05) is 26.8 Å². The second kappa shape index (κ2) is 8.62. The van der Waals surface area contributed by atoms with Gasteiger partial charge in [0.1, 0.15) is 29.2 Å². The first-order chi connectivity index (χ1) is 16.5. The molecule has 7 nitrogen and oxygen atoms in total. The van der Waals surface area contributed by atoms with E-state index in [0.717, 1.165) is 23.2 Å². The zero-order chi connectivity index (χ0) is 23.7. The van der Waals surface area contributed by atoms with Crippen LogP contribution < -0.4 is 5.32 Å². The van der Waals surface area contributed by atoms with Crippen LogP contribution in [0.1, 0.15) is 32.9 Å². The van der Waals surface area contributed by atoms with Crippen molar-refractivity contribution in [2.45, 2.75) is 32.6 Å². The number of nitrogens with one attached hydrogen (secondary N) is 2. The van der Waals surface area contributed by atoms with Gasteiger partial charge < -0.3 is 10.3 Å². The summed E-state index contributed by atoms with van der Waals surface area (Å²) in [5.74, 6) is 0.254. The molecule has 2 N–H and O–H groups in total. The first-order valence-electron chi connectivity index (χ1n) is 11.1. The molecule has 34 heavy (non-hydrogen) atoms. The van der Waals surface area contributed by atoms with Gasteiger partial charge in [0.2, 0.25) is 0 Å². The Kier molecular flexibility index (Phi) is 5.49. The number of benzene rings is 1. The fourth-order valence-corrected chi connectivity index (χ4v) is 3.74. The lowest BCUT2D eigenvalue weighted by Gasteiger charge is -2.22. The van der Waals surface area contributed by atoms with Gasteiger partial charge in [-0.25, -0.2) is 24.3 Å². The van der Waals surface area contributed by atoms with E-state index in [2.05, 4.69) is 51.0 Å². The molecule has 0 aliphatic carbocycles. The SMILES string of the molecule is CCC(C)(C)c1cccc(-c2cc(Nc3ncccc3-c3ncnc4nc[nH]c34)ccc2F)n1. The summed E-state index contributed by atoms with van der Waals surface area (Å²) in [7, 11) is 0. The van der Waals surface area contributed by atoms with Gasteiger partial charge in [-0.15, -0.1) is 0 Å². The zero-order valence-electron chi connectivity index (χ0n) is 19.2. The number of pyridine rings is 2. The first-order valence-corrected chi connectivity index (χ1v) is 11.1. The molecule has 0 aliphatic rings. The Morgan fingerprint density at radius 1 is 0.971 bits per heavy atom. The molecule has 4 aromatic heterocycles. The van der Waals surface area contributed by atoms with Crippen LogP contribution in [-0.4, -0.2) is 29.9 Å². The minimum Gasteiger partial charge on any atom is -0.341 e. The smallest absolute Gasteiger partial charge is 0.181 e. The predicted molar refractivity (Wildman–Crippen MR) is 131 cm³/mol. The van der Waals surface area contributed by atoms with E-state index in [1.165, 1.54) is 12.4 Å². The number of imidazole rings is 1. The van der Waals surface area contributed by atoms with Crippen LogP contribution in [0.15, 0.2) is 67.4 Å². The fraction of sp³-hybridized carbons (Fsp3) is 0.192. The maximum atomic E-state index is 14.9. The zero-order valence-corrected chi connectivity index (χ0v) is 19.2. The number of halogens is 1. The van der Waals surface area contributed by atoms with Crippen molar-refractivity contribution in [3.63, 3.8) is 0 Å². The average molecular weight is 454 g/mol. The highest BCUT2D eigenvalue weighted by Gasteiger charge is 2.21. The molecule has 0 fully saturated rings. The molecule has 0 bridgehead atoms. The molecule has 5 aromatic rings. The summed E-state index contributed by atoms with van der Waals surface area (Å²) in [5.41, 5.74) is 5.29. The Hall–Kier alpha value is -4.20. The van der Waals surface area contributed by atoms with E-state index in [1.807, 2.05) is 30.3 Å². The van der Waals surface area contributed by atoms with Crippen LogP contribution in [0.3, 0.4) is 0 Å².